The predicted octanol–water partition coefficient (Wildman–Crippen LogP) is 1.33. The number of hydrogen-bond donors (Lipinski definition) is 0. The second-order valence-electron chi connectivity index (χ2n) is 4.88. The third-order valence-electron chi connectivity index (χ3n) is 3.78. The van der Waals surface area contributed by atoms with Crippen LogP contribution >= 0.6 is 11.3 Å². The number of fused-ring (bicyclic) bond motifs is 4. The highest BCUT2D eigenvalue weighted by atomic mass is 32.2. The second kappa shape index (κ2) is 4.16. The second-order valence-corrected chi connectivity index (χ2v) is 7.36. The van der Waals surface area contributed by atoms with E-state index in [4.69, 9.17) is 0 Å². The van der Waals surface area contributed by atoms with Crippen molar-refractivity contribution in [1.29, 1.82) is 0 Å². The normalized spacial score (nSPS) is 21.1. The average Bonchev–Trinajstić information content (AvgIpc) is 3.09. The van der Waals surface area contributed by atoms with Gasteiger partial charge in [0.2, 0.25) is 0 Å². The van der Waals surface area contributed by atoms with Crippen LogP contribution in [0.4, 0.5) is 11.4 Å². The Bertz CT molecular complexity index is 745. The number of hydrogen-bond acceptors (Lipinski definition) is 6. The van der Waals surface area contributed by atoms with E-state index in [-0.39, 0.29) is 11.1 Å². The van der Waals surface area contributed by atoms with Gasteiger partial charge in [0.15, 0.2) is 5.03 Å². The smallest absolute Gasteiger partial charge is 0.283 e. The minimum atomic E-state index is -3.59. The topological polar surface area (TPSA) is 66.4 Å². The maximum absolute atomic E-state index is 12.8. The molecular formula is C12H12N4O2S2. The van der Waals surface area contributed by atoms with Crippen LogP contribution in [-0.2, 0) is 10.0 Å². The first-order valence-electron chi connectivity index (χ1n) is 6.29. The molecule has 1 unspecified atom stereocenters. The number of thiazole rings is 1. The molecule has 104 valence electrons. The first kappa shape index (κ1) is 12.1. The predicted molar refractivity (Wildman–Crippen MR) is 76.6 cm³/mol. The average molecular weight is 308 g/mol. The van der Waals surface area contributed by atoms with Crippen LogP contribution in [0.3, 0.4) is 0 Å². The summed E-state index contributed by atoms with van der Waals surface area (Å²) < 4.78 is 27.2. The van der Waals surface area contributed by atoms with Crippen molar-refractivity contribution < 1.29 is 8.42 Å². The van der Waals surface area contributed by atoms with Crippen LogP contribution < -0.4 is 9.21 Å². The van der Waals surface area contributed by atoms with Gasteiger partial charge in [0, 0.05) is 24.7 Å². The lowest BCUT2D eigenvalue weighted by molar-refractivity contribution is 0.575. The zero-order valence-electron chi connectivity index (χ0n) is 10.5. The molecule has 1 atom stereocenters. The molecule has 6 nitrogen and oxygen atoms in total. The fourth-order valence-corrected chi connectivity index (χ4v) is 5.41. The third-order valence-corrected chi connectivity index (χ3v) is 6.28. The third kappa shape index (κ3) is 1.58. The van der Waals surface area contributed by atoms with Crippen LogP contribution in [0.15, 0.2) is 34.4 Å². The van der Waals surface area contributed by atoms with E-state index in [9.17, 15) is 8.42 Å². The molecule has 8 heteroatoms. The van der Waals surface area contributed by atoms with Gasteiger partial charge in [-0.1, -0.05) is 0 Å². The fraction of sp³-hybridized carbons (Fsp3) is 0.333. The Labute approximate surface area is 120 Å². The van der Waals surface area contributed by atoms with Gasteiger partial charge >= 0.3 is 0 Å². The van der Waals surface area contributed by atoms with Gasteiger partial charge in [0.05, 0.1) is 29.1 Å². The molecule has 0 saturated carbocycles. The number of sulfonamides is 1. The largest absolute Gasteiger partial charge is 0.366 e. The molecule has 20 heavy (non-hydrogen) atoms. The molecule has 4 heterocycles. The van der Waals surface area contributed by atoms with Crippen molar-refractivity contribution in [3.63, 3.8) is 0 Å². The Morgan fingerprint density at radius 2 is 2.25 bits per heavy atom. The summed E-state index contributed by atoms with van der Waals surface area (Å²) in [6.45, 7) is 1.59. The van der Waals surface area contributed by atoms with Crippen molar-refractivity contribution >= 4 is 32.7 Å². The van der Waals surface area contributed by atoms with E-state index in [1.54, 1.807) is 29.4 Å². The first-order valence-corrected chi connectivity index (χ1v) is 8.68. The van der Waals surface area contributed by atoms with E-state index >= 15 is 0 Å². The molecule has 0 aromatic carbocycles. The van der Waals surface area contributed by atoms with E-state index in [2.05, 4.69) is 14.9 Å². The Balaban J connectivity index is 1.91. The molecular weight excluding hydrogens is 296 g/mol. The lowest BCUT2D eigenvalue weighted by Gasteiger charge is -2.36. The maximum Gasteiger partial charge on any atom is 0.283 e. The van der Waals surface area contributed by atoms with Gasteiger partial charge in [0.1, 0.15) is 0 Å². The molecule has 0 radical (unpaired) electrons. The van der Waals surface area contributed by atoms with Crippen molar-refractivity contribution in [2.75, 3.05) is 22.3 Å². The van der Waals surface area contributed by atoms with Gasteiger partial charge in [-0.05, 0) is 12.5 Å². The summed E-state index contributed by atoms with van der Waals surface area (Å²) in [5.41, 5.74) is 3.15. The fourth-order valence-electron chi connectivity index (χ4n) is 2.91. The number of aromatic nitrogens is 2. The number of nitrogens with zero attached hydrogens (tertiary/aromatic N) is 4. The van der Waals surface area contributed by atoms with Crippen LogP contribution in [0, 0.1) is 0 Å². The van der Waals surface area contributed by atoms with Gasteiger partial charge in [-0.25, -0.2) is 4.98 Å². The lowest BCUT2D eigenvalue weighted by atomic mass is 10.2. The Morgan fingerprint density at radius 1 is 1.35 bits per heavy atom. The molecule has 0 aliphatic carbocycles. The van der Waals surface area contributed by atoms with Crippen LogP contribution in [0.5, 0.6) is 0 Å². The zero-order chi connectivity index (χ0) is 13.7. The summed E-state index contributed by atoms with van der Waals surface area (Å²) >= 11 is 1.29. The Hall–Kier alpha value is -1.67. The molecule has 2 aromatic heterocycles. The maximum atomic E-state index is 12.8. The Morgan fingerprint density at radius 3 is 3.05 bits per heavy atom. The number of rotatable bonds is 2. The van der Waals surface area contributed by atoms with Crippen molar-refractivity contribution in [2.45, 2.75) is 17.5 Å². The summed E-state index contributed by atoms with van der Waals surface area (Å²) in [6.07, 6.45) is 4.20. The highest BCUT2D eigenvalue weighted by Crippen LogP contribution is 2.42. The highest BCUT2D eigenvalue weighted by Gasteiger charge is 2.42. The number of pyridine rings is 1. The van der Waals surface area contributed by atoms with E-state index in [1.807, 2.05) is 0 Å². The van der Waals surface area contributed by atoms with Gasteiger partial charge in [-0.3, -0.25) is 9.29 Å². The molecule has 2 aliphatic heterocycles. The Kier molecular flexibility index (Phi) is 2.52. The molecule has 2 aliphatic rings. The van der Waals surface area contributed by atoms with E-state index < -0.39 is 10.0 Å². The van der Waals surface area contributed by atoms with Crippen LogP contribution in [0.2, 0.25) is 0 Å². The quantitative estimate of drug-likeness (QED) is 0.837. The minimum absolute atomic E-state index is 0.0170. The van der Waals surface area contributed by atoms with Gasteiger partial charge in [-0.2, -0.15) is 8.42 Å². The number of anilines is 2. The molecule has 2 bridgehead atoms. The molecule has 0 spiro atoms. The summed E-state index contributed by atoms with van der Waals surface area (Å²) in [6, 6.07) is 1.75. The van der Waals surface area contributed by atoms with Crippen LogP contribution in [-0.4, -0.2) is 37.5 Å². The molecule has 4 rings (SSSR count). The summed E-state index contributed by atoms with van der Waals surface area (Å²) in [5.74, 6) is 0. The zero-order valence-corrected chi connectivity index (χ0v) is 12.1. The highest BCUT2D eigenvalue weighted by molar-refractivity contribution is 7.92. The first-order chi connectivity index (χ1) is 9.68. The molecule has 0 amide bonds. The van der Waals surface area contributed by atoms with Gasteiger partial charge < -0.3 is 4.90 Å². The van der Waals surface area contributed by atoms with E-state index in [1.165, 1.54) is 15.6 Å². The van der Waals surface area contributed by atoms with E-state index in [0.717, 1.165) is 25.2 Å². The van der Waals surface area contributed by atoms with Gasteiger partial charge in [-0.15, -0.1) is 11.3 Å². The van der Waals surface area contributed by atoms with Crippen molar-refractivity contribution in [3.05, 3.63) is 29.4 Å². The summed E-state index contributed by atoms with van der Waals surface area (Å²) in [5, 5.41) is 1.71. The SMILES string of the molecule is O=S(=O)(c1cscn1)N1c2ccncc2N2CCC1C2. The molecule has 2 aromatic rings. The standard InChI is InChI=1S/C12H12N4O2S2/c17-20(18,12-7-19-8-14-12)16-9-2-4-15(6-9)11-5-13-3-1-10(11)16/h1,3,5,7-9H,2,4,6H2. The van der Waals surface area contributed by atoms with Crippen molar-refractivity contribution in [2.24, 2.45) is 0 Å². The van der Waals surface area contributed by atoms with Crippen molar-refractivity contribution in [3.8, 4) is 0 Å². The van der Waals surface area contributed by atoms with Crippen LogP contribution in [0.25, 0.3) is 0 Å². The lowest BCUT2D eigenvalue weighted by Crippen LogP contribution is -2.45. The van der Waals surface area contributed by atoms with Crippen LogP contribution in [0.1, 0.15) is 6.42 Å². The van der Waals surface area contributed by atoms with Gasteiger partial charge in [0.25, 0.3) is 10.0 Å². The van der Waals surface area contributed by atoms with E-state index in [0.29, 0.717) is 5.69 Å². The summed E-state index contributed by atoms with van der Waals surface area (Å²) in [7, 11) is -3.59. The van der Waals surface area contributed by atoms with Crippen molar-refractivity contribution in [1.82, 2.24) is 9.97 Å². The molecule has 1 saturated heterocycles. The molecule has 1 fully saturated rings. The minimum Gasteiger partial charge on any atom is -0.366 e. The monoisotopic (exact) mass is 308 g/mol. The summed E-state index contributed by atoms with van der Waals surface area (Å²) in [4.78, 5) is 10.3. The molecule has 0 N–H and O–H groups in total.